The normalized spacial score (nSPS) is 17.1. The van der Waals surface area contributed by atoms with Gasteiger partial charge in [-0.05, 0) is 48.6 Å². The van der Waals surface area contributed by atoms with E-state index in [1.54, 1.807) is 0 Å². The Bertz CT molecular complexity index is 893. The molecule has 0 bridgehead atoms. The molecule has 7 heteroatoms. The van der Waals surface area contributed by atoms with Crippen LogP contribution < -0.4 is 10.5 Å². The van der Waals surface area contributed by atoms with Crippen LogP contribution in [0.5, 0.6) is 0 Å². The third kappa shape index (κ3) is 3.27. The molecule has 3 rings (SSSR count). The van der Waals surface area contributed by atoms with Gasteiger partial charge in [0.1, 0.15) is 0 Å². The number of benzene rings is 2. The Hall–Kier alpha value is -2.38. The second kappa shape index (κ2) is 6.26. The van der Waals surface area contributed by atoms with E-state index >= 15 is 0 Å². The molecule has 6 nitrogen and oxygen atoms in total. The van der Waals surface area contributed by atoms with Crippen molar-refractivity contribution in [1.29, 1.82) is 0 Å². The quantitative estimate of drug-likeness (QED) is 0.788. The highest BCUT2D eigenvalue weighted by Gasteiger charge is 2.22. The number of anilines is 1. The van der Waals surface area contributed by atoms with Crippen LogP contribution in [0.2, 0.25) is 0 Å². The summed E-state index contributed by atoms with van der Waals surface area (Å²) in [6.45, 7) is 0. The highest BCUT2D eigenvalue weighted by atomic mass is 32.2. The van der Waals surface area contributed by atoms with Crippen molar-refractivity contribution in [2.45, 2.75) is 30.2 Å². The number of hydrogen-bond acceptors (Lipinski definition) is 4. The number of fused-ring (bicyclic) bond motifs is 1. The van der Waals surface area contributed by atoms with Crippen molar-refractivity contribution in [3.63, 3.8) is 0 Å². The summed E-state index contributed by atoms with van der Waals surface area (Å²) < 4.78 is 22.9. The summed E-state index contributed by atoms with van der Waals surface area (Å²) in [5, 5.41) is 17.7. The molecule has 0 saturated heterocycles. The maximum Gasteiger partial charge on any atom is 0.337 e. The maximum absolute atomic E-state index is 11.5. The fourth-order valence-electron chi connectivity index (χ4n) is 3.09. The van der Waals surface area contributed by atoms with Crippen LogP contribution in [-0.4, -0.2) is 19.5 Å². The molecule has 0 saturated carbocycles. The SMILES string of the molecule is NS(=O)(=O)c1ccc(NC2CCCc3ccccc32)c(C(=O)O)c1. The van der Waals surface area contributed by atoms with Gasteiger partial charge < -0.3 is 10.4 Å². The van der Waals surface area contributed by atoms with Gasteiger partial charge in [-0.25, -0.2) is 18.4 Å². The molecule has 0 fully saturated rings. The predicted molar refractivity (Wildman–Crippen MR) is 90.5 cm³/mol. The Kier molecular flexibility index (Phi) is 4.29. The lowest BCUT2D eigenvalue weighted by Crippen LogP contribution is -2.19. The molecule has 24 heavy (non-hydrogen) atoms. The second-order valence-corrected chi connectivity index (χ2v) is 7.41. The topological polar surface area (TPSA) is 109 Å². The zero-order chi connectivity index (χ0) is 17.3. The highest BCUT2D eigenvalue weighted by molar-refractivity contribution is 7.89. The second-order valence-electron chi connectivity index (χ2n) is 5.85. The number of carboxylic acids is 1. The number of nitrogens with one attached hydrogen (secondary N) is 1. The van der Waals surface area contributed by atoms with Gasteiger partial charge in [0, 0.05) is 5.69 Å². The van der Waals surface area contributed by atoms with E-state index in [-0.39, 0.29) is 16.5 Å². The number of carboxylic acid groups (broad SMARTS) is 1. The van der Waals surface area contributed by atoms with E-state index in [4.69, 9.17) is 5.14 Å². The van der Waals surface area contributed by atoms with E-state index in [0.717, 1.165) is 30.9 Å². The Labute approximate surface area is 140 Å². The van der Waals surface area contributed by atoms with Gasteiger partial charge in [-0.15, -0.1) is 0 Å². The minimum atomic E-state index is -3.95. The largest absolute Gasteiger partial charge is 0.478 e. The van der Waals surface area contributed by atoms with Crippen molar-refractivity contribution < 1.29 is 18.3 Å². The van der Waals surface area contributed by atoms with Gasteiger partial charge >= 0.3 is 5.97 Å². The number of hydrogen-bond donors (Lipinski definition) is 3. The molecule has 1 aliphatic rings. The first-order valence-electron chi connectivity index (χ1n) is 7.61. The number of aryl methyl sites for hydroxylation is 1. The molecular formula is C17H18N2O4S. The molecule has 0 aromatic heterocycles. The molecule has 0 aliphatic heterocycles. The van der Waals surface area contributed by atoms with Gasteiger partial charge in [0.15, 0.2) is 0 Å². The fourth-order valence-corrected chi connectivity index (χ4v) is 3.63. The van der Waals surface area contributed by atoms with Crippen LogP contribution in [0.25, 0.3) is 0 Å². The van der Waals surface area contributed by atoms with Gasteiger partial charge in [0.05, 0.1) is 16.5 Å². The first kappa shape index (κ1) is 16.5. The monoisotopic (exact) mass is 346 g/mol. The van der Waals surface area contributed by atoms with Crippen molar-refractivity contribution >= 4 is 21.7 Å². The Morgan fingerprint density at radius 2 is 1.96 bits per heavy atom. The third-order valence-corrected chi connectivity index (χ3v) is 5.16. The molecule has 0 heterocycles. The lowest BCUT2D eigenvalue weighted by atomic mass is 9.87. The number of rotatable bonds is 4. The van der Waals surface area contributed by atoms with Crippen LogP contribution in [0.15, 0.2) is 47.4 Å². The minimum absolute atomic E-state index is 0.00613. The molecule has 1 unspecified atom stereocenters. The number of carbonyl (C=O) groups is 1. The molecular weight excluding hydrogens is 328 g/mol. The molecule has 4 N–H and O–H groups in total. The van der Waals surface area contributed by atoms with Crippen LogP contribution in [0.3, 0.4) is 0 Å². The summed E-state index contributed by atoms with van der Waals surface area (Å²) >= 11 is 0. The zero-order valence-corrected chi connectivity index (χ0v) is 13.7. The van der Waals surface area contributed by atoms with E-state index in [0.29, 0.717) is 5.69 Å². The highest BCUT2D eigenvalue weighted by Crippen LogP contribution is 2.33. The van der Waals surface area contributed by atoms with Crippen molar-refractivity contribution in [3.8, 4) is 0 Å². The Morgan fingerprint density at radius 3 is 2.67 bits per heavy atom. The van der Waals surface area contributed by atoms with Gasteiger partial charge in [-0.1, -0.05) is 24.3 Å². The van der Waals surface area contributed by atoms with Crippen molar-refractivity contribution in [3.05, 3.63) is 59.2 Å². The first-order valence-corrected chi connectivity index (χ1v) is 9.15. The van der Waals surface area contributed by atoms with Crippen LogP contribution >= 0.6 is 0 Å². The summed E-state index contributed by atoms with van der Waals surface area (Å²) in [7, 11) is -3.95. The number of nitrogens with two attached hydrogens (primary N) is 1. The lowest BCUT2D eigenvalue weighted by molar-refractivity contribution is 0.0697. The van der Waals surface area contributed by atoms with E-state index < -0.39 is 16.0 Å². The van der Waals surface area contributed by atoms with Gasteiger partial charge in [0.25, 0.3) is 0 Å². The van der Waals surface area contributed by atoms with Crippen LogP contribution in [0.1, 0.15) is 40.4 Å². The smallest absolute Gasteiger partial charge is 0.337 e. The third-order valence-electron chi connectivity index (χ3n) is 4.25. The molecule has 0 radical (unpaired) electrons. The summed E-state index contributed by atoms with van der Waals surface area (Å²) in [6, 6.07) is 11.9. The molecule has 0 spiro atoms. The number of sulfonamides is 1. The summed E-state index contributed by atoms with van der Waals surface area (Å²) in [5.41, 5.74) is 2.68. The van der Waals surface area contributed by atoms with E-state index in [1.165, 1.54) is 17.7 Å². The van der Waals surface area contributed by atoms with E-state index in [9.17, 15) is 18.3 Å². The molecule has 2 aromatic carbocycles. The van der Waals surface area contributed by atoms with Crippen LogP contribution in [-0.2, 0) is 16.4 Å². The summed E-state index contributed by atoms with van der Waals surface area (Å²) in [4.78, 5) is 11.3. The molecule has 126 valence electrons. The number of primary sulfonamides is 1. The predicted octanol–water partition coefficient (Wildman–Crippen LogP) is 2.52. The minimum Gasteiger partial charge on any atom is -0.478 e. The molecule has 1 aliphatic carbocycles. The average Bonchev–Trinajstić information content (AvgIpc) is 2.54. The van der Waals surface area contributed by atoms with Crippen molar-refractivity contribution in [2.24, 2.45) is 5.14 Å². The van der Waals surface area contributed by atoms with Crippen molar-refractivity contribution in [1.82, 2.24) is 0 Å². The number of aromatic carboxylic acids is 1. The standard InChI is InChI=1S/C17H18N2O4S/c18-24(22,23)12-8-9-16(14(10-12)17(20)21)19-15-7-3-5-11-4-1-2-6-13(11)15/h1-2,4,6,8-10,15,19H,3,5,7H2,(H,20,21)(H2,18,22,23). The van der Waals surface area contributed by atoms with E-state index in [1.807, 2.05) is 18.2 Å². The van der Waals surface area contributed by atoms with Crippen LogP contribution in [0, 0.1) is 0 Å². The Morgan fingerprint density at radius 1 is 1.21 bits per heavy atom. The summed E-state index contributed by atoms with van der Waals surface area (Å²) in [6.07, 6.45) is 2.89. The van der Waals surface area contributed by atoms with Crippen LogP contribution in [0.4, 0.5) is 5.69 Å². The summed E-state index contributed by atoms with van der Waals surface area (Å²) in [5.74, 6) is -1.20. The molecule has 1 atom stereocenters. The van der Waals surface area contributed by atoms with Gasteiger partial charge in [-0.3, -0.25) is 0 Å². The Balaban J connectivity index is 1.98. The van der Waals surface area contributed by atoms with Gasteiger partial charge in [0.2, 0.25) is 10.0 Å². The average molecular weight is 346 g/mol. The fraction of sp³-hybridized carbons (Fsp3) is 0.235. The maximum atomic E-state index is 11.5. The van der Waals surface area contributed by atoms with Gasteiger partial charge in [-0.2, -0.15) is 0 Å². The van der Waals surface area contributed by atoms with Crippen molar-refractivity contribution in [2.75, 3.05) is 5.32 Å². The molecule has 0 amide bonds. The zero-order valence-electron chi connectivity index (χ0n) is 12.9. The van der Waals surface area contributed by atoms with E-state index in [2.05, 4.69) is 11.4 Å². The first-order chi connectivity index (χ1) is 11.4. The lowest BCUT2D eigenvalue weighted by Gasteiger charge is -2.27. The molecule has 2 aromatic rings.